The molecule has 4 nitrogen and oxygen atoms in total. The summed E-state index contributed by atoms with van der Waals surface area (Å²) in [6.07, 6.45) is 3.25. The van der Waals surface area contributed by atoms with Crippen LogP contribution in [0.3, 0.4) is 0 Å². The Morgan fingerprint density at radius 3 is 2.62 bits per heavy atom. The van der Waals surface area contributed by atoms with E-state index in [1.807, 2.05) is 6.07 Å². The third-order valence-electron chi connectivity index (χ3n) is 4.15. The summed E-state index contributed by atoms with van der Waals surface area (Å²) in [5.74, 6) is 0.361. The van der Waals surface area contributed by atoms with E-state index < -0.39 is 0 Å². The number of rotatable bonds is 8. The fraction of sp³-hybridized carbons (Fsp3) is 0.611. The summed E-state index contributed by atoms with van der Waals surface area (Å²) < 4.78 is 0. The zero-order chi connectivity index (χ0) is 15.6. The number of likely N-dealkylation sites (tertiary alicyclic amines) is 1. The number of piperidine rings is 1. The van der Waals surface area contributed by atoms with Gasteiger partial charge in [-0.3, -0.25) is 9.69 Å². The Labute approximate surface area is 158 Å². The van der Waals surface area contributed by atoms with Gasteiger partial charge in [0.2, 0.25) is 5.91 Å². The summed E-state index contributed by atoms with van der Waals surface area (Å²) >= 11 is 0. The van der Waals surface area contributed by atoms with E-state index in [0.29, 0.717) is 0 Å². The maximum atomic E-state index is 12.3. The van der Waals surface area contributed by atoms with Crippen molar-refractivity contribution in [2.75, 3.05) is 32.7 Å². The quantitative estimate of drug-likeness (QED) is 0.686. The molecule has 1 aromatic carbocycles. The molecular weight excluding hydrogens is 345 g/mol. The predicted octanol–water partition coefficient (Wildman–Crippen LogP) is 2.86. The van der Waals surface area contributed by atoms with Crippen molar-refractivity contribution in [1.82, 2.24) is 15.5 Å². The molecule has 1 saturated heterocycles. The molecule has 1 atom stereocenters. The van der Waals surface area contributed by atoms with Crippen LogP contribution in [-0.4, -0.2) is 43.5 Å². The predicted molar refractivity (Wildman–Crippen MR) is 105 cm³/mol. The second-order valence-corrected chi connectivity index (χ2v) is 6.10. The third-order valence-corrected chi connectivity index (χ3v) is 4.15. The molecule has 0 aromatic heterocycles. The number of hydrogen-bond acceptors (Lipinski definition) is 3. The number of carbonyl (C=O) groups is 1. The van der Waals surface area contributed by atoms with Crippen LogP contribution in [0.25, 0.3) is 0 Å². The van der Waals surface area contributed by atoms with Crippen LogP contribution in [0.4, 0.5) is 0 Å². The molecule has 0 aliphatic carbocycles. The fourth-order valence-corrected chi connectivity index (χ4v) is 2.97. The molecule has 1 fully saturated rings. The highest BCUT2D eigenvalue weighted by molar-refractivity contribution is 5.85. The molecule has 1 aliphatic heterocycles. The second kappa shape index (κ2) is 13.5. The molecule has 1 amide bonds. The first-order chi connectivity index (χ1) is 10.8. The van der Waals surface area contributed by atoms with Gasteiger partial charge in [0.1, 0.15) is 0 Å². The lowest BCUT2D eigenvalue weighted by atomic mass is 9.96. The van der Waals surface area contributed by atoms with Crippen LogP contribution < -0.4 is 10.6 Å². The van der Waals surface area contributed by atoms with Gasteiger partial charge in [-0.05, 0) is 37.9 Å². The summed E-state index contributed by atoms with van der Waals surface area (Å²) in [5, 5.41) is 6.38. The van der Waals surface area contributed by atoms with Gasteiger partial charge in [-0.25, -0.2) is 0 Å². The van der Waals surface area contributed by atoms with Gasteiger partial charge in [-0.1, -0.05) is 37.3 Å². The first kappa shape index (κ1) is 23.2. The van der Waals surface area contributed by atoms with E-state index in [1.165, 1.54) is 5.56 Å². The number of carbonyl (C=O) groups excluding carboxylic acids is 1. The lowest BCUT2D eigenvalue weighted by Gasteiger charge is -2.32. The molecule has 0 bridgehead atoms. The van der Waals surface area contributed by atoms with Gasteiger partial charge in [0.15, 0.2) is 0 Å². The lowest BCUT2D eigenvalue weighted by molar-refractivity contribution is -0.126. The van der Waals surface area contributed by atoms with Gasteiger partial charge < -0.3 is 10.6 Å². The van der Waals surface area contributed by atoms with Gasteiger partial charge in [0.05, 0.1) is 5.92 Å². The first-order valence-corrected chi connectivity index (χ1v) is 8.54. The van der Waals surface area contributed by atoms with E-state index in [4.69, 9.17) is 0 Å². The molecule has 0 radical (unpaired) electrons. The van der Waals surface area contributed by atoms with Gasteiger partial charge >= 0.3 is 0 Å². The summed E-state index contributed by atoms with van der Waals surface area (Å²) in [7, 11) is 0. The minimum absolute atomic E-state index is 0. The number of amides is 1. The van der Waals surface area contributed by atoms with Gasteiger partial charge in [0.25, 0.3) is 0 Å². The second-order valence-electron chi connectivity index (χ2n) is 6.10. The Hall–Kier alpha value is -0.810. The molecule has 1 aliphatic rings. The van der Waals surface area contributed by atoms with E-state index in [0.717, 1.165) is 58.5 Å². The van der Waals surface area contributed by atoms with Crippen LogP contribution in [0, 0.1) is 5.92 Å². The summed E-state index contributed by atoms with van der Waals surface area (Å²) in [6.45, 7) is 7.68. The monoisotopic (exact) mass is 375 g/mol. The van der Waals surface area contributed by atoms with Crippen LogP contribution in [0.5, 0.6) is 0 Å². The van der Waals surface area contributed by atoms with Gasteiger partial charge in [-0.15, -0.1) is 24.8 Å². The molecule has 0 spiro atoms. The fourth-order valence-electron chi connectivity index (χ4n) is 2.97. The number of nitrogens with zero attached hydrogens (tertiary/aromatic N) is 1. The highest BCUT2D eigenvalue weighted by Crippen LogP contribution is 2.18. The lowest BCUT2D eigenvalue weighted by Crippen LogP contribution is -2.44. The van der Waals surface area contributed by atoms with Crippen LogP contribution in [0.2, 0.25) is 0 Å². The number of nitrogens with one attached hydrogen (secondary N) is 2. The first-order valence-electron chi connectivity index (χ1n) is 8.54. The molecule has 2 rings (SSSR count). The molecule has 1 unspecified atom stereocenters. The average Bonchev–Trinajstić information content (AvgIpc) is 2.56. The van der Waals surface area contributed by atoms with E-state index >= 15 is 0 Å². The molecule has 0 saturated carbocycles. The highest BCUT2D eigenvalue weighted by atomic mass is 35.5. The van der Waals surface area contributed by atoms with E-state index in [1.54, 1.807) is 0 Å². The zero-order valence-corrected chi connectivity index (χ0v) is 16.1. The van der Waals surface area contributed by atoms with Crippen LogP contribution >= 0.6 is 24.8 Å². The standard InChI is InChI=1S/C18H29N3O.2ClH/c1-2-10-19-11-12-20-18(22)17-9-6-13-21(15-17)14-16-7-4-3-5-8-16;;/h3-5,7-8,17,19H,2,6,9-15H2,1H3,(H,20,22);2*1H. The van der Waals surface area contributed by atoms with Crippen molar-refractivity contribution < 1.29 is 4.79 Å². The van der Waals surface area contributed by atoms with Crippen molar-refractivity contribution in [1.29, 1.82) is 0 Å². The number of hydrogen-bond donors (Lipinski definition) is 2. The highest BCUT2D eigenvalue weighted by Gasteiger charge is 2.25. The average molecular weight is 376 g/mol. The largest absolute Gasteiger partial charge is 0.355 e. The molecule has 138 valence electrons. The van der Waals surface area contributed by atoms with Gasteiger partial charge in [0, 0.05) is 26.2 Å². The zero-order valence-electron chi connectivity index (χ0n) is 14.5. The SMILES string of the molecule is CCCNCCNC(=O)C1CCCN(Cc2ccccc2)C1.Cl.Cl. The maximum absolute atomic E-state index is 12.3. The van der Waals surface area contributed by atoms with Crippen LogP contribution in [-0.2, 0) is 11.3 Å². The normalized spacial score (nSPS) is 17.5. The van der Waals surface area contributed by atoms with E-state index in [9.17, 15) is 4.79 Å². The van der Waals surface area contributed by atoms with Crippen molar-refractivity contribution in [3.63, 3.8) is 0 Å². The molecular formula is C18H31Cl2N3O. The molecule has 1 aromatic rings. The molecule has 1 heterocycles. The van der Waals surface area contributed by atoms with Crippen molar-refractivity contribution >= 4 is 30.7 Å². The van der Waals surface area contributed by atoms with Crippen LogP contribution in [0.1, 0.15) is 31.7 Å². The Morgan fingerprint density at radius 2 is 1.92 bits per heavy atom. The topological polar surface area (TPSA) is 44.4 Å². The summed E-state index contributed by atoms with van der Waals surface area (Å²) in [4.78, 5) is 14.7. The smallest absolute Gasteiger partial charge is 0.224 e. The Balaban J connectivity index is 0.00000264. The molecule has 6 heteroatoms. The third kappa shape index (κ3) is 8.34. The molecule has 24 heavy (non-hydrogen) atoms. The van der Waals surface area contributed by atoms with Crippen molar-refractivity contribution in [3.8, 4) is 0 Å². The summed E-state index contributed by atoms with van der Waals surface area (Å²) in [5.41, 5.74) is 1.33. The van der Waals surface area contributed by atoms with E-state index in [-0.39, 0.29) is 36.6 Å². The molecule has 2 N–H and O–H groups in total. The minimum atomic E-state index is 0. The van der Waals surface area contributed by atoms with E-state index in [2.05, 4.69) is 46.7 Å². The van der Waals surface area contributed by atoms with Crippen molar-refractivity contribution in [2.24, 2.45) is 5.92 Å². The minimum Gasteiger partial charge on any atom is -0.355 e. The Kier molecular flexibility index (Phi) is 13.0. The summed E-state index contributed by atoms with van der Waals surface area (Å²) in [6, 6.07) is 10.5. The maximum Gasteiger partial charge on any atom is 0.224 e. The number of halogens is 2. The number of benzene rings is 1. The van der Waals surface area contributed by atoms with Crippen LogP contribution in [0.15, 0.2) is 30.3 Å². The Morgan fingerprint density at radius 1 is 1.17 bits per heavy atom. The van der Waals surface area contributed by atoms with Crippen molar-refractivity contribution in [3.05, 3.63) is 35.9 Å². The van der Waals surface area contributed by atoms with Crippen molar-refractivity contribution in [2.45, 2.75) is 32.7 Å². The Bertz CT molecular complexity index is 445. The van der Waals surface area contributed by atoms with Gasteiger partial charge in [-0.2, -0.15) is 0 Å².